The highest BCUT2D eigenvalue weighted by Gasteiger charge is 2.23. The number of benzene rings is 1. The topological polar surface area (TPSA) is 46.3 Å². The Kier molecular flexibility index (Phi) is 4.18. The van der Waals surface area contributed by atoms with Gasteiger partial charge in [-0.25, -0.2) is 0 Å². The number of carbonyl (C=O) groups excluding carboxylic acids is 1. The van der Waals surface area contributed by atoms with Gasteiger partial charge in [0.2, 0.25) is 5.91 Å². The van der Waals surface area contributed by atoms with Gasteiger partial charge in [0.15, 0.2) is 0 Å². The number of hydrogen-bond acceptors (Lipinski definition) is 2. The highest BCUT2D eigenvalue weighted by molar-refractivity contribution is 9.10. The monoisotopic (exact) mass is 296 g/mol. The van der Waals surface area contributed by atoms with Crippen molar-refractivity contribution in [2.45, 2.75) is 25.3 Å². The Morgan fingerprint density at radius 1 is 1.41 bits per heavy atom. The molecule has 3 nitrogen and oxygen atoms in total. The Bertz CT molecular complexity index is 402. The summed E-state index contributed by atoms with van der Waals surface area (Å²) in [6.45, 7) is 1.73. The van der Waals surface area contributed by atoms with Crippen LogP contribution in [0.5, 0.6) is 0 Å². The van der Waals surface area contributed by atoms with Gasteiger partial charge in [-0.05, 0) is 37.0 Å². The SMILES string of the molecule is NC(Cc1cccc(Br)c1)C(=O)N1CCCC1. The third-order valence-corrected chi connectivity index (χ3v) is 3.57. The first kappa shape index (κ1) is 12.6. The predicted octanol–water partition coefficient (Wildman–Crippen LogP) is 1.94. The van der Waals surface area contributed by atoms with Gasteiger partial charge in [0.1, 0.15) is 0 Å². The molecule has 0 spiro atoms. The quantitative estimate of drug-likeness (QED) is 0.927. The maximum atomic E-state index is 12.0. The van der Waals surface area contributed by atoms with E-state index in [9.17, 15) is 4.79 Å². The van der Waals surface area contributed by atoms with Crippen LogP contribution in [-0.2, 0) is 11.2 Å². The van der Waals surface area contributed by atoms with Crippen LogP contribution in [0.25, 0.3) is 0 Å². The van der Waals surface area contributed by atoms with Crippen LogP contribution in [0.3, 0.4) is 0 Å². The number of nitrogens with two attached hydrogens (primary N) is 1. The lowest BCUT2D eigenvalue weighted by Gasteiger charge is -2.20. The molecule has 1 saturated heterocycles. The number of carbonyl (C=O) groups is 1. The second-order valence-corrected chi connectivity index (χ2v) is 5.39. The van der Waals surface area contributed by atoms with Crippen LogP contribution < -0.4 is 5.73 Å². The molecule has 1 heterocycles. The van der Waals surface area contributed by atoms with Crippen molar-refractivity contribution in [2.75, 3.05) is 13.1 Å². The van der Waals surface area contributed by atoms with Crippen LogP contribution >= 0.6 is 15.9 Å². The Balaban J connectivity index is 1.96. The molecule has 1 aliphatic heterocycles. The van der Waals surface area contributed by atoms with Crippen LogP contribution in [0.15, 0.2) is 28.7 Å². The van der Waals surface area contributed by atoms with Crippen molar-refractivity contribution in [1.82, 2.24) is 4.90 Å². The molecule has 1 aliphatic rings. The van der Waals surface area contributed by atoms with Crippen molar-refractivity contribution < 1.29 is 4.79 Å². The van der Waals surface area contributed by atoms with Crippen LogP contribution in [0.1, 0.15) is 18.4 Å². The normalized spacial score (nSPS) is 17.2. The van der Waals surface area contributed by atoms with Crippen LogP contribution in [0, 0.1) is 0 Å². The molecule has 1 fully saturated rings. The molecule has 2 rings (SSSR count). The van der Waals surface area contributed by atoms with E-state index < -0.39 is 6.04 Å². The standard InChI is InChI=1S/C13H17BrN2O/c14-11-5-3-4-10(8-11)9-12(15)13(17)16-6-1-2-7-16/h3-5,8,12H,1-2,6-7,9,15H2. The summed E-state index contributed by atoms with van der Waals surface area (Å²) in [5, 5.41) is 0. The zero-order valence-corrected chi connectivity index (χ0v) is 11.3. The van der Waals surface area contributed by atoms with Crippen molar-refractivity contribution in [1.29, 1.82) is 0 Å². The maximum absolute atomic E-state index is 12.0. The van der Waals surface area contributed by atoms with Crippen LogP contribution in [0.4, 0.5) is 0 Å². The lowest BCUT2D eigenvalue weighted by molar-refractivity contribution is -0.131. The lowest BCUT2D eigenvalue weighted by atomic mass is 10.1. The first-order valence-corrected chi connectivity index (χ1v) is 6.75. The maximum Gasteiger partial charge on any atom is 0.239 e. The summed E-state index contributed by atoms with van der Waals surface area (Å²) in [7, 11) is 0. The van der Waals surface area contributed by atoms with Gasteiger partial charge in [0.25, 0.3) is 0 Å². The third-order valence-electron chi connectivity index (χ3n) is 3.08. The molecule has 0 bridgehead atoms. The van der Waals surface area contributed by atoms with E-state index in [1.165, 1.54) is 0 Å². The van der Waals surface area contributed by atoms with Gasteiger partial charge in [-0.2, -0.15) is 0 Å². The fourth-order valence-corrected chi connectivity index (χ4v) is 2.62. The minimum atomic E-state index is -0.414. The summed E-state index contributed by atoms with van der Waals surface area (Å²) in [5.41, 5.74) is 7.07. The number of amides is 1. The molecule has 2 N–H and O–H groups in total. The van der Waals surface area contributed by atoms with E-state index >= 15 is 0 Å². The number of nitrogens with zero attached hydrogens (tertiary/aromatic N) is 1. The van der Waals surface area contributed by atoms with Gasteiger partial charge >= 0.3 is 0 Å². The average Bonchev–Trinajstić information content (AvgIpc) is 2.81. The Morgan fingerprint density at radius 3 is 2.76 bits per heavy atom. The molecule has 0 aliphatic carbocycles. The van der Waals surface area contributed by atoms with E-state index in [0.29, 0.717) is 6.42 Å². The fourth-order valence-electron chi connectivity index (χ4n) is 2.18. The van der Waals surface area contributed by atoms with Gasteiger partial charge in [-0.1, -0.05) is 28.1 Å². The molecule has 1 unspecified atom stereocenters. The minimum Gasteiger partial charge on any atom is -0.341 e. The summed E-state index contributed by atoms with van der Waals surface area (Å²) in [6.07, 6.45) is 2.82. The van der Waals surface area contributed by atoms with Gasteiger partial charge in [0, 0.05) is 17.6 Å². The molecule has 1 aromatic rings. The molecule has 0 saturated carbocycles. The second-order valence-electron chi connectivity index (χ2n) is 4.47. The summed E-state index contributed by atoms with van der Waals surface area (Å²) in [4.78, 5) is 13.9. The van der Waals surface area contributed by atoms with Crippen molar-refractivity contribution >= 4 is 21.8 Å². The molecule has 17 heavy (non-hydrogen) atoms. The average molecular weight is 297 g/mol. The molecule has 0 radical (unpaired) electrons. The highest BCUT2D eigenvalue weighted by atomic mass is 79.9. The summed E-state index contributed by atoms with van der Waals surface area (Å²) < 4.78 is 1.02. The second kappa shape index (κ2) is 5.65. The molecule has 1 amide bonds. The van der Waals surface area contributed by atoms with E-state index in [-0.39, 0.29) is 5.91 Å². The predicted molar refractivity (Wildman–Crippen MR) is 71.6 cm³/mol. The number of likely N-dealkylation sites (tertiary alicyclic amines) is 1. The molecule has 92 valence electrons. The molecular weight excluding hydrogens is 280 g/mol. The highest BCUT2D eigenvalue weighted by Crippen LogP contribution is 2.14. The Labute approximate surface area is 110 Å². The lowest BCUT2D eigenvalue weighted by Crippen LogP contribution is -2.43. The fraction of sp³-hybridized carbons (Fsp3) is 0.462. The van der Waals surface area contributed by atoms with Crippen molar-refractivity contribution in [3.63, 3.8) is 0 Å². The van der Waals surface area contributed by atoms with Gasteiger partial charge in [-0.15, -0.1) is 0 Å². The zero-order chi connectivity index (χ0) is 12.3. The van der Waals surface area contributed by atoms with Gasteiger partial charge in [0.05, 0.1) is 6.04 Å². The van der Waals surface area contributed by atoms with E-state index in [1.54, 1.807) is 0 Å². The first-order valence-electron chi connectivity index (χ1n) is 5.95. The van der Waals surface area contributed by atoms with E-state index in [1.807, 2.05) is 29.2 Å². The van der Waals surface area contributed by atoms with Gasteiger partial charge in [-0.3, -0.25) is 4.79 Å². The smallest absolute Gasteiger partial charge is 0.239 e. The minimum absolute atomic E-state index is 0.0856. The van der Waals surface area contributed by atoms with Crippen molar-refractivity contribution in [3.05, 3.63) is 34.3 Å². The molecular formula is C13H17BrN2O. The van der Waals surface area contributed by atoms with Crippen molar-refractivity contribution in [3.8, 4) is 0 Å². The summed E-state index contributed by atoms with van der Waals surface area (Å²) >= 11 is 3.42. The number of halogens is 1. The van der Waals surface area contributed by atoms with Crippen molar-refractivity contribution in [2.24, 2.45) is 5.73 Å². The van der Waals surface area contributed by atoms with Crippen LogP contribution in [0.2, 0.25) is 0 Å². The third kappa shape index (κ3) is 3.30. The summed E-state index contributed by atoms with van der Waals surface area (Å²) in [5.74, 6) is 0.0856. The number of rotatable bonds is 3. The number of hydrogen-bond donors (Lipinski definition) is 1. The zero-order valence-electron chi connectivity index (χ0n) is 9.73. The first-order chi connectivity index (χ1) is 8.16. The van der Waals surface area contributed by atoms with Crippen LogP contribution in [-0.4, -0.2) is 29.9 Å². The van der Waals surface area contributed by atoms with E-state index in [0.717, 1.165) is 36.0 Å². The molecule has 4 heteroatoms. The molecule has 1 aromatic carbocycles. The summed E-state index contributed by atoms with van der Waals surface area (Å²) in [6, 6.07) is 7.53. The Hall–Kier alpha value is -0.870. The molecule has 1 atom stereocenters. The van der Waals surface area contributed by atoms with E-state index in [4.69, 9.17) is 5.73 Å². The van der Waals surface area contributed by atoms with E-state index in [2.05, 4.69) is 15.9 Å². The largest absolute Gasteiger partial charge is 0.341 e. The van der Waals surface area contributed by atoms with Gasteiger partial charge < -0.3 is 10.6 Å². The Morgan fingerprint density at radius 2 is 2.12 bits per heavy atom. The molecule has 0 aromatic heterocycles.